The van der Waals surface area contributed by atoms with E-state index in [-0.39, 0.29) is 5.91 Å². The molecule has 34 heavy (non-hydrogen) atoms. The summed E-state index contributed by atoms with van der Waals surface area (Å²) in [6, 6.07) is 11.9. The summed E-state index contributed by atoms with van der Waals surface area (Å²) in [7, 11) is 1.55. The molecule has 1 amide bonds. The molecule has 0 atom stereocenters. The number of thioether (sulfide) groups is 1. The van der Waals surface area contributed by atoms with Crippen molar-refractivity contribution in [3.05, 3.63) is 51.9 Å². The quantitative estimate of drug-likeness (QED) is 0.415. The molecular formula is C26H30ClN3O3S. The van der Waals surface area contributed by atoms with E-state index in [0.717, 1.165) is 24.3 Å². The molecule has 2 fully saturated rings. The smallest absolute Gasteiger partial charge is 0.266 e. The van der Waals surface area contributed by atoms with Crippen LogP contribution in [0.2, 0.25) is 5.02 Å². The molecule has 0 unspecified atom stereocenters. The summed E-state index contributed by atoms with van der Waals surface area (Å²) < 4.78 is 11.0. The van der Waals surface area contributed by atoms with Crippen LogP contribution in [0, 0.1) is 0 Å². The molecule has 6 nitrogen and oxygen atoms in total. The number of carbonyl (C=O) groups excluding carboxylic acids is 1. The molecule has 0 saturated carbocycles. The zero-order chi connectivity index (χ0) is 24.1. The van der Waals surface area contributed by atoms with Crippen LogP contribution in [0.25, 0.3) is 6.08 Å². The molecule has 2 aliphatic heterocycles. The lowest BCUT2D eigenvalue weighted by Crippen LogP contribution is -2.29. The fourth-order valence-corrected chi connectivity index (χ4v) is 5.51. The first kappa shape index (κ1) is 24.5. The Morgan fingerprint density at radius 2 is 1.85 bits per heavy atom. The van der Waals surface area contributed by atoms with E-state index in [2.05, 4.69) is 17.0 Å². The number of rotatable bonds is 7. The van der Waals surface area contributed by atoms with Gasteiger partial charge in [0.15, 0.2) is 16.7 Å². The number of carbonyl (C=O) groups is 1. The Bertz CT molecular complexity index is 1100. The number of methoxy groups -OCH3 is 1. The molecule has 0 aliphatic carbocycles. The van der Waals surface area contributed by atoms with Gasteiger partial charge in [0.1, 0.15) is 0 Å². The Labute approximate surface area is 210 Å². The summed E-state index contributed by atoms with van der Waals surface area (Å²) in [6.45, 7) is 7.09. The van der Waals surface area contributed by atoms with Crippen molar-refractivity contribution in [2.24, 2.45) is 4.99 Å². The molecule has 0 N–H and O–H groups in total. The van der Waals surface area contributed by atoms with Gasteiger partial charge in [-0.25, -0.2) is 4.99 Å². The molecular weight excluding hydrogens is 470 g/mol. The molecule has 2 saturated heterocycles. The number of benzene rings is 2. The monoisotopic (exact) mass is 499 g/mol. The van der Waals surface area contributed by atoms with Gasteiger partial charge < -0.3 is 14.4 Å². The maximum atomic E-state index is 13.1. The molecule has 2 heterocycles. The van der Waals surface area contributed by atoms with Crippen molar-refractivity contribution in [3.8, 4) is 11.5 Å². The van der Waals surface area contributed by atoms with Crippen LogP contribution in [0.3, 0.4) is 0 Å². The topological polar surface area (TPSA) is 54.4 Å². The highest BCUT2D eigenvalue weighted by atomic mass is 35.5. The lowest BCUT2D eigenvalue weighted by atomic mass is 10.1. The number of anilines is 1. The molecule has 2 aromatic rings. The van der Waals surface area contributed by atoms with Gasteiger partial charge >= 0.3 is 0 Å². The van der Waals surface area contributed by atoms with Crippen molar-refractivity contribution < 1.29 is 14.3 Å². The second-order valence-electron chi connectivity index (χ2n) is 8.09. The van der Waals surface area contributed by atoms with Crippen LogP contribution in [0.4, 0.5) is 11.4 Å². The average Bonchev–Trinajstić information content (AvgIpc) is 3.13. The van der Waals surface area contributed by atoms with Crippen LogP contribution in [0.5, 0.6) is 11.5 Å². The normalized spacial score (nSPS) is 18.8. The van der Waals surface area contributed by atoms with Gasteiger partial charge in [-0.1, -0.05) is 11.6 Å². The van der Waals surface area contributed by atoms with Gasteiger partial charge in [-0.3, -0.25) is 9.69 Å². The van der Waals surface area contributed by atoms with Crippen LogP contribution in [0.15, 0.2) is 46.3 Å². The predicted molar refractivity (Wildman–Crippen MR) is 142 cm³/mol. The SMILES string of the molecule is CCOc1cc(/C=C2\SC(=Nc3ccc(N4CCCCC4)cc3)N(CC)C2=O)cc(Cl)c1OC. The highest BCUT2D eigenvalue weighted by Gasteiger charge is 2.32. The minimum absolute atomic E-state index is 0.0684. The summed E-state index contributed by atoms with van der Waals surface area (Å²) >= 11 is 7.76. The van der Waals surface area contributed by atoms with E-state index in [0.29, 0.717) is 39.7 Å². The number of amidine groups is 1. The van der Waals surface area contributed by atoms with Gasteiger partial charge in [0.05, 0.1) is 29.3 Å². The van der Waals surface area contributed by atoms with E-state index in [4.69, 9.17) is 26.1 Å². The number of hydrogen-bond acceptors (Lipinski definition) is 6. The van der Waals surface area contributed by atoms with E-state index in [1.807, 2.05) is 38.1 Å². The van der Waals surface area contributed by atoms with Crippen molar-refractivity contribution in [2.45, 2.75) is 33.1 Å². The summed E-state index contributed by atoms with van der Waals surface area (Å²) in [5.41, 5.74) is 2.84. The van der Waals surface area contributed by atoms with Crippen LogP contribution in [-0.2, 0) is 4.79 Å². The van der Waals surface area contributed by atoms with Gasteiger partial charge in [0, 0.05) is 25.3 Å². The summed E-state index contributed by atoms with van der Waals surface area (Å²) in [5, 5.41) is 1.11. The Balaban J connectivity index is 1.58. The maximum Gasteiger partial charge on any atom is 0.266 e. The molecule has 0 bridgehead atoms. The van der Waals surface area contributed by atoms with E-state index in [1.165, 1.54) is 36.7 Å². The first-order valence-electron chi connectivity index (χ1n) is 11.7. The number of halogens is 1. The Morgan fingerprint density at radius 3 is 2.50 bits per heavy atom. The molecule has 0 spiro atoms. The van der Waals surface area contributed by atoms with Crippen molar-refractivity contribution in [1.29, 1.82) is 0 Å². The van der Waals surface area contributed by atoms with Crippen molar-refractivity contribution in [2.75, 3.05) is 38.3 Å². The maximum absolute atomic E-state index is 13.1. The number of piperidine rings is 1. The number of aliphatic imine (C=N–C) groups is 1. The predicted octanol–water partition coefficient (Wildman–Crippen LogP) is 6.36. The van der Waals surface area contributed by atoms with Gasteiger partial charge in [-0.05, 0) is 92.9 Å². The van der Waals surface area contributed by atoms with Gasteiger partial charge in [0.2, 0.25) is 0 Å². The van der Waals surface area contributed by atoms with E-state index < -0.39 is 0 Å². The van der Waals surface area contributed by atoms with Crippen molar-refractivity contribution in [1.82, 2.24) is 4.90 Å². The zero-order valence-corrected chi connectivity index (χ0v) is 21.4. The standard InChI is InChI=1S/C26H30ClN3O3S/c1-4-30-25(31)23(17-18-15-21(27)24(32-3)22(16-18)33-5-2)34-26(30)28-19-9-11-20(12-10-19)29-13-7-6-8-14-29/h9-12,15-17H,4-8,13-14H2,1-3H3/b23-17-,28-26?. The Kier molecular flexibility index (Phi) is 8.06. The molecule has 2 aliphatic rings. The molecule has 180 valence electrons. The van der Waals surface area contributed by atoms with Crippen LogP contribution in [0.1, 0.15) is 38.7 Å². The molecule has 0 radical (unpaired) electrons. The minimum Gasteiger partial charge on any atom is -0.491 e. The van der Waals surface area contributed by atoms with Crippen molar-refractivity contribution in [3.63, 3.8) is 0 Å². The highest BCUT2D eigenvalue weighted by molar-refractivity contribution is 8.18. The molecule has 4 rings (SSSR count). The lowest BCUT2D eigenvalue weighted by Gasteiger charge is -2.28. The molecule has 0 aromatic heterocycles. The zero-order valence-electron chi connectivity index (χ0n) is 19.8. The van der Waals surface area contributed by atoms with E-state index in [1.54, 1.807) is 18.1 Å². The number of likely N-dealkylation sites (N-methyl/N-ethyl adjacent to an activating group) is 1. The first-order valence-corrected chi connectivity index (χ1v) is 12.9. The van der Waals surface area contributed by atoms with Crippen LogP contribution < -0.4 is 14.4 Å². The number of amides is 1. The third-order valence-corrected chi connectivity index (χ3v) is 7.12. The van der Waals surface area contributed by atoms with Crippen molar-refractivity contribution >= 4 is 51.9 Å². The molecule has 2 aromatic carbocycles. The number of hydrogen-bond donors (Lipinski definition) is 0. The second kappa shape index (κ2) is 11.2. The summed E-state index contributed by atoms with van der Waals surface area (Å²) in [6.07, 6.45) is 5.63. The Hall–Kier alpha value is -2.64. The number of ether oxygens (including phenoxy) is 2. The van der Waals surface area contributed by atoms with E-state index in [9.17, 15) is 4.79 Å². The lowest BCUT2D eigenvalue weighted by molar-refractivity contribution is -0.122. The van der Waals surface area contributed by atoms with Gasteiger partial charge in [-0.2, -0.15) is 0 Å². The number of nitrogens with zero attached hydrogens (tertiary/aromatic N) is 3. The second-order valence-corrected chi connectivity index (χ2v) is 9.50. The average molecular weight is 500 g/mol. The summed E-state index contributed by atoms with van der Waals surface area (Å²) in [4.78, 5) is 22.6. The van der Waals surface area contributed by atoms with Crippen LogP contribution >= 0.6 is 23.4 Å². The van der Waals surface area contributed by atoms with Crippen LogP contribution in [-0.4, -0.2) is 49.3 Å². The fourth-order valence-electron chi connectivity index (χ4n) is 4.15. The van der Waals surface area contributed by atoms with E-state index >= 15 is 0 Å². The first-order chi connectivity index (χ1) is 16.5. The largest absolute Gasteiger partial charge is 0.491 e. The third kappa shape index (κ3) is 5.36. The fraction of sp³-hybridized carbons (Fsp3) is 0.385. The molecule has 8 heteroatoms. The minimum atomic E-state index is -0.0684. The summed E-state index contributed by atoms with van der Waals surface area (Å²) in [5.74, 6) is 0.970. The van der Waals surface area contributed by atoms with Gasteiger partial charge in [0.25, 0.3) is 5.91 Å². The van der Waals surface area contributed by atoms with Gasteiger partial charge in [-0.15, -0.1) is 0 Å². The third-order valence-electron chi connectivity index (χ3n) is 5.83. The Morgan fingerprint density at radius 1 is 1.12 bits per heavy atom. The highest BCUT2D eigenvalue weighted by Crippen LogP contribution is 2.39.